The molecule has 2 N–H and O–H groups in total. The Bertz CT molecular complexity index is 504. The second-order valence-corrected chi connectivity index (χ2v) is 6.46. The standard InChI is InChI=1S/C16H24ClN3O/c1-10(2)11-6-4-5-7-13(11)19-16(21)15-12(17)8-9-14(18-3)20-15/h8-11,13H,4-7H2,1-3H3,(H,18,20)(H,19,21). The predicted octanol–water partition coefficient (Wildman–Crippen LogP) is 3.72. The van der Waals surface area contributed by atoms with Crippen LogP contribution >= 0.6 is 11.6 Å². The molecule has 5 heteroatoms. The molecule has 0 bridgehead atoms. The Balaban J connectivity index is 2.13. The third kappa shape index (κ3) is 3.88. The molecular formula is C16H24ClN3O. The second-order valence-electron chi connectivity index (χ2n) is 6.05. The molecule has 1 aliphatic rings. The van der Waals surface area contributed by atoms with E-state index in [4.69, 9.17) is 11.6 Å². The highest BCUT2D eigenvalue weighted by Gasteiger charge is 2.29. The average Bonchev–Trinajstić information content (AvgIpc) is 2.48. The van der Waals surface area contributed by atoms with Gasteiger partial charge in [0.2, 0.25) is 0 Å². The van der Waals surface area contributed by atoms with E-state index in [-0.39, 0.29) is 11.9 Å². The zero-order valence-electron chi connectivity index (χ0n) is 12.9. The lowest BCUT2D eigenvalue weighted by molar-refractivity contribution is 0.0884. The third-order valence-electron chi connectivity index (χ3n) is 4.31. The van der Waals surface area contributed by atoms with Crippen LogP contribution in [0.5, 0.6) is 0 Å². The van der Waals surface area contributed by atoms with Crippen molar-refractivity contribution in [3.63, 3.8) is 0 Å². The molecule has 1 heterocycles. The number of nitrogens with one attached hydrogen (secondary N) is 2. The van der Waals surface area contributed by atoms with Crippen LogP contribution in [-0.4, -0.2) is 24.0 Å². The molecule has 1 fully saturated rings. The van der Waals surface area contributed by atoms with Crippen LogP contribution in [0.1, 0.15) is 50.0 Å². The maximum Gasteiger partial charge on any atom is 0.271 e. The normalized spacial score (nSPS) is 22.1. The molecule has 1 aromatic rings. The lowest BCUT2D eigenvalue weighted by atomic mass is 9.78. The summed E-state index contributed by atoms with van der Waals surface area (Å²) in [6.45, 7) is 4.45. The van der Waals surface area contributed by atoms with Crippen molar-refractivity contribution in [2.45, 2.75) is 45.6 Å². The van der Waals surface area contributed by atoms with Crippen molar-refractivity contribution in [3.05, 3.63) is 22.8 Å². The Morgan fingerprint density at radius 1 is 1.33 bits per heavy atom. The topological polar surface area (TPSA) is 54.0 Å². The summed E-state index contributed by atoms with van der Waals surface area (Å²) in [5.74, 6) is 1.58. The molecule has 2 atom stereocenters. The lowest BCUT2D eigenvalue weighted by Crippen LogP contribution is -2.44. The molecule has 0 aliphatic heterocycles. The molecule has 116 valence electrons. The van der Waals surface area contributed by atoms with Crippen molar-refractivity contribution in [3.8, 4) is 0 Å². The molecule has 0 radical (unpaired) electrons. The van der Waals surface area contributed by atoms with Gasteiger partial charge in [-0.3, -0.25) is 4.79 Å². The van der Waals surface area contributed by atoms with Gasteiger partial charge in [0.1, 0.15) is 11.5 Å². The van der Waals surface area contributed by atoms with Crippen LogP contribution in [-0.2, 0) is 0 Å². The highest BCUT2D eigenvalue weighted by Crippen LogP contribution is 2.30. The van der Waals surface area contributed by atoms with Crippen molar-refractivity contribution in [2.24, 2.45) is 11.8 Å². The van der Waals surface area contributed by atoms with Gasteiger partial charge < -0.3 is 10.6 Å². The van der Waals surface area contributed by atoms with E-state index in [0.29, 0.717) is 28.4 Å². The fourth-order valence-corrected chi connectivity index (χ4v) is 3.31. The molecular weight excluding hydrogens is 286 g/mol. The summed E-state index contributed by atoms with van der Waals surface area (Å²) in [6, 6.07) is 3.69. The number of anilines is 1. The van der Waals surface area contributed by atoms with Crippen LogP contribution in [0.4, 0.5) is 5.82 Å². The zero-order valence-corrected chi connectivity index (χ0v) is 13.7. The summed E-state index contributed by atoms with van der Waals surface area (Å²) in [6.07, 6.45) is 4.65. The number of rotatable bonds is 4. The smallest absolute Gasteiger partial charge is 0.271 e. The van der Waals surface area contributed by atoms with Gasteiger partial charge in [0.25, 0.3) is 5.91 Å². The SMILES string of the molecule is CNc1ccc(Cl)c(C(=O)NC2CCCCC2C(C)C)n1. The number of carbonyl (C=O) groups is 1. The highest BCUT2D eigenvalue weighted by molar-refractivity contribution is 6.33. The molecule has 21 heavy (non-hydrogen) atoms. The van der Waals surface area contributed by atoms with Gasteiger partial charge in [-0.05, 0) is 36.8 Å². The monoisotopic (exact) mass is 309 g/mol. The van der Waals surface area contributed by atoms with E-state index in [1.54, 1.807) is 19.2 Å². The number of halogens is 1. The number of hydrogen-bond donors (Lipinski definition) is 2. The highest BCUT2D eigenvalue weighted by atomic mass is 35.5. The molecule has 1 aromatic heterocycles. The lowest BCUT2D eigenvalue weighted by Gasteiger charge is -2.34. The molecule has 2 rings (SSSR count). The molecule has 1 amide bonds. The number of aromatic nitrogens is 1. The van der Waals surface area contributed by atoms with E-state index >= 15 is 0 Å². The molecule has 1 aliphatic carbocycles. The van der Waals surface area contributed by atoms with E-state index < -0.39 is 0 Å². The number of amides is 1. The molecule has 0 spiro atoms. The summed E-state index contributed by atoms with van der Waals surface area (Å²) in [7, 11) is 1.77. The first-order valence-corrected chi connectivity index (χ1v) is 8.06. The first kappa shape index (κ1) is 16.1. The van der Waals surface area contributed by atoms with Crippen LogP contribution in [0, 0.1) is 11.8 Å². The van der Waals surface area contributed by atoms with E-state index in [1.165, 1.54) is 19.3 Å². The van der Waals surface area contributed by atoms with Crippen LogP contribution in [0.25, 0.3) is 0 Å². The summed E-state index contributed by atoms with van der Waals surface area (Å²) >= 11 is 6.11. The van der Waals surface area contributed by atoms with Crippen molar-refractivity contribution in [2.75, 3.05) is 12.4 Å². The minimum absolute atomic E-state index is 0.172. The Labute approximate surface area is 131 Å². The molecule has 0 saturated heterocycles. The van der Waals surface area contributed by atoms with Gasteiger partial charge in [-0.15, -0.1) is 0 Å². The summed E-state index contributed by atoms with van der Waals surface area (Å²) < 4.78 is 0. The Kier molecular flexibility index (Phi) is 5.45. The Morgan fingerprint density at radius 2 is 2.05 bits per heavy atom. The fraction of sp³-hybridized carbons (Fsp3) is 0.625. The predicted molar refractivity (Wildman–Crippen MR) is 86.8 cm³/mol. The van der Waals surface area contributed by atoms with Gasteiger partial charge in [-0.25, -0.2) is 4.98 Å². The Hall–Kier alpha value is -1.29. The van der Waals surface area contributed by atoms with Gasteiger partial charge in [-0.2, -0.15) is 0 Å². The van der Waals surface area contributed by atoms with Crippen molar-refractivity contribution in [1.29, 1.82) is 0 Å². The third-order valence-corrected chi connectivity index (χ3v) is 4.61. The first-order chi connectivity index (χ1) is 10.0. The number of hydrogen-bond acceptors (Lipinski definition) is 3. The minimum atomic E-state index is -0.172. The zero-order chi connectivity index (χ0) is 15.4. The number of pyridine rings is 1. The van der Waals surface area contributed by atoms with E-state index in [1.807, 2.05) is 0 Å². The molecule has 4 nitrogen and oxygen atoms in total. The largest absolute Gasteiger partial charge is 0.373 e. The van der Waals surface area contributed by atoms with Crippen molar-refractivity contribution >= 4 is 23.3 Å². The fourth-order valence-electron chi connectivity index (χ4n) is 3.11. The van der Waals surface area contributed by atoms with Crippen molar-refractivity contribution < 1.29 is 4.79 Å². The van der Waals surface area contributed by atoms with Gasteiger partial charge >= 0.3 is 0 Å². The Morgan fingerprint density at radius 3 is 2.71 bits per heavy atom. The van der Waals surface area contributed by atoms with Gasteiger partial charge in [0.15, 0.2) is 0 Å². The maximum atomic E-state index is 12.5. The number of nitrogens with zero attached hydrogens (tertiary/aromatic N) is 1. The van der Waals surface area contributed by atoms with E-state index in [0.717, 1.165) is 6.42 Å². The van der Waals surface area contributed by atoms with Gasteiger partial charge in [0, 0.05) is 13.1 Å². The van der Waals surface area contributed by atoms with Crippen LogP contribution < -0.4 is 10.6 Å². The second kappa shape index (κ2) is 7.12. The molecule has 1 saturated carbocycles. The van der Waals surface area contributed by atoms with E-state index in [9.17, 15) is 4.79 Å². The first-order valence-electron chi connectivity index (χ1n) is 7.68. The minimum Gasteiger partial charge on any atom is -0.373 e. The van der Waals surface area contributed by atoms with Crippen LogP contribution in [0.15, 0.2) is 12.1 Å². The quantitative estimate of drug-likeness (QED) is 0.891. The molecule has 0 aromatic carbocycles. The summed E-state index contributed by atoms with van der Waals surface area (Å²) in [4.78, 5) is 16.8. The average molecular weight is 310 g/mol. The van der Waals surface area contributed by atoms with Gasteiger partial charge in [0.05, 0.1) is 5.02 Å². The summed E-state index contributed by atoms with van der Waals surface area (Å²) in [5.41, 5.74) is 0.302. The van der Waals surface area contributed by atoms with Crippen molar-refractivity contribution in [1.82, 2.24) is 10.3 Å². The number of carbonyl (C=O) groups excluding carboxylic acids is 1. The summed E-state index contributed by atoms with van der Waals surface area (Å²) in [5, 5.41) is 6.47. The van der Waals surface area contributed by atoms with Crippen LogP contribution in [0.2, 0.25) is 5.02 Å². The molecule has 2 unspecified atom stereocenters. The maximum absolute atomic E-state index is 12.5. The van der Waals surface area contributed by atoms with Gasteiger partial charge in [-0.1, -0.05) is 38.3 Å². The van der Waals surface area contributed by atoms with E-state index in [2.05, 4.69) is 29.5 Å². The van der Waals surface area contributed by atoms with Crippen LogP contribution in [0.3, 0.4) is 0 Å².